The first-order chi connectivity index (χ1) is 7.48. The molecule has 0 aromatic carbocycles. The fourth-order valence-corrected chi connectivity index (χ4v) is 1.88. The van der Waals surface area contributed by atoms with Gasteiger partial charge in [0.05, 0.1) is 6.04 Å². The van der Waals surface area contributed by atoms with Crippen LogP contribution < -0.4 is 5.73 Å². The summed E-state index contributed by atoms with van der Waals surface area (Å²) < 4.78 is 5.20. The van der Waals surface area contributed by atoms with Gasteiger partial charge in [0, 0.05) is 10.9 Å². The number of rotatable bonds is 2. The third kappa shape index (κ3) is 2.15. The second-order valence-corrected chi connectivity index (χ2v) is 5.59. The summed E-state index contributed by atoms with van der Waals surface area (Å²) in [6.45, 7) is 6.14. The molecule has 2 aromatic heterocycles. The lowest BCUT2D eigenvalue weighted by Crippen LogP contribution is -2.26. The molecule has 0 saturated carbocycles. The summed E-state index contributed by atoms with van der Waals surface area (Å²) in [5.41, 5.74) is 6.93. The molecule has 2 rings (SSSR count). The number of nitrogens with two attached hydrogens (primary N) is 1. The molecule has 16 heavy (non-hydrogen) atoms. The predicted octanol–water partition coefficient (Wildman–Crippen LogP) is 2.84. The molecule has 0 bridgehead atoms. The average Bonchev–Trinajstić information content (AvgIpc) is 2.85. The maximum absolute atomic E-state index is 6.05. The van der Waals surface area contributed by atoms with Crippen molar-refractivity contribution in [2.75, 3.05) is 0 Å². The molecule has 0 saturated heterocycles. The quantitative estimate of drug-likeness (QED) is 0.872. The third-order valence-corrected chi connectivity index (χ3v) is 3.10. The number of aromatic nitrogens is 2. The first-order valence-electron chi connectivity index (χ1n) is 5.10. The lowest BCUT2D eigenvalue weighted by molar-refractivity contribution is 0.253. The highest BCUT2D eigenvalue weighted by Crippen LogP contribution is 2.30. The molecule has 0 fully saturated rings. The van der Waals surface area contributed by atoms with Gasteiger partial charge >= 0.3 is 0 Å². The molecule has 0 aliphatic carbocycles. The van der Waals surface area contributed by atoms with Crippen LogP contribution >= 0.6 is 11.3 Å². The van der Waals surface area contributed by atoms with Crippen LogP contribution in [0.4, 0.5) is 0 Å². The van der Waals surface area contributed by atoms with Crippen LogP contribution in [-0.4, -0.2) is 10.1 Å². The SMILES string of the molecule is CC(C)(C)C(N)c1nc(-c2ccsc2)no1. The first-order valence-corrected chi connectivity index (χ1v) is 6.04. The van der Waals surface area contributed by atoms with Gasteiger partial charge in [-0.25, -0.2) is 0 Å². The summed E-state index contributed by atoms with van der Waals surface area (Å²) in [5.74, 6) is 1.10. The Bertz CT molecular complexity index is 456. The molecule has 0 radical (unpaired) electrons. The van der Waals surface area contributed by atoms with Gasteiger partial charge in [-0.1, -0.05) is 25.9 Å². The van der Waals surface area contributed by atoms with Crippen molar-refractivity contribution in [2.45, 2.75) is 26.8 Å². The monoisotopic (exact) mass is 237 g/mol. The Morgan fingerprint density at radius 3 is 2.75 bits per heavy atom. The minimum Gasteiger partial charge on any atom is -0.337 e. The summed E-state index contributed by atoms with van der Waals surface area (Å²) in [5, 5.41) is 7.90. The number of hydrogen-bond donors (Lipinski definition) is 1. The van der Waals surface area contributed by atoms with E-state index in [9.17, 15) is 0 Å². The van der Waals surface area contributed by atoms with Crippen molar-refractivity contribution in [2.24, 2.45) is 11.1 Å². The maximum Gasteiger partial charge on any atom is 0.244 e. The molecule has 2 N–H and O–H groups in total. The molecule has 0 aliphatic heterocycles. The van der Waals surface area contributed by atoms with Gasteiger partial charge in [0.2, 0.25) is 11.7 Å². The Morgan fingerprint density at radius 2 is 2.19 bits per heavy atom. The van der Waals surface area contributed by atoms with Crippen LogP contribution in [0.1, 0.15) is 32.7 Å². The zero-order chi connectivity index (χ0) is 11.8. The van der Waals surface area contributed by atoms with Crippen molar-refractivity contribution in [3.8, 4) is 11.4 Å². The van der Waals surface area contributed by atoms with E-state index in [1.165, 1.54) is 0 Å². The molecule has 86 valence electrons. The van der Waals surface area contributed by atoms with E-state index in [1.807, 2.05) is 37.6 Å². The van der Waals surface area contributed by atoms with Crippen LogP contribution in [0.5, 0.6) is 0 Å². The van der Waals surface area contributed by atoms with E-state index in [1.54, 1.807) is 11.3 Å². The summed E-state index contributed by atoms with van der Waals surface area (Å²) in [6.07, 6.45) is 0. The molecule has 0 aliphatic rings. The van der Waals surface area contributed by atoms with Gasteiger partial charge in [0.15, 0.2) is 0 Å². The van der Waals surface area contributed by atoms with Crippen molar-refractivity contribution in [3.63, 3.8) is 0 Å². The molecule has 5 heteroatoms. The molecule has 1 unspecified atom stereocenters. The van der Waals surface area contributed by atoms with Crippen molar-refractivity contribution in [1.29, 1.82) is 0 Å². The topological polar surface area (TPSA) is 64.9 Å². The average molecular weight is 237 g/mol. The van der Waals surface area contributed by atoms with E-state index in [-0.39, 0.29) is 11.5 Å². The summed E-state index contributed by atoms with van der Waals surface area (Å²) in [7, 11) is 0. The van der Waals surface area contributed by atoms with Crippen molar-refractivity contribution >= 4 is 11.3 Å². The smallest absolute Gasteiger partial charge is 0.244 e. The van der Waals surface area contributed by atoms with Gasteiger partial charge in [-0.15, -0.1) is 0 Å². The Hall–Kier alpha value is -1.20. The fourth-order valence-electron chi connectivity index (χ4n) is 1.24. The highest BCUT2D eigenvalue weighted by molar-refractivity contribution is 7.08. The van der Waals surface area contributed by atoms with E-state index >= 15 is 0 Å². The molecular formula is C11H15N3OS. The summed E-state index contributed by atoms with van der Waals surface area (Å²) in [4.78, 5) is 4.32. The molecule has 0 spiro atoms. The van der Waals surface area contributed by atoms with Crippen molar-refractivity contribution in [3.05, 3.63) is 22.7 Å². The standard InChI is InChI=1S/C11H15N3OS/c1-11(2,3)8(12)10-13-9(14-15-10)7-4-5-16-6-7/h4-6,8H,12H2,1-3H3. The van der Waals surface area contributed by atoms with E-state index < -0.39 is 0 Å². The first kappa shape index (κ1) is 11.3. The van der Waals surface area contributed by atoms with Gasteiger partial charge in [-0.2, -0.15) is 16.3 Å². The molecule has 0 amide bonds. The van der Waals surface area contributed by atoms with E-state index in [0.29, 0.717) is 11.7 Å². The molecule has 1 atom stereocenters. The van der Waals surface area contributed by atoms with Crippen LogP contribution in [0, 0.1) is 5.41 Å². The Balaban J connectivity index is 2.27. The van der Waals surface area contributed by atoms with E-state index in [2.05, 4.69) is 10.1 Å². The molecule has 2 heterocycles. The van der Waals surface area contributed by atoms with Gasteiger partial charge in [-0.05, 0) is 16.9 Å². The van der Waals surface area contributed by atoms with Crippen molar-refractivity contribution in [1.82, 2.24) is 10.1 Å². The predicted molar refractivity (Wildman–Crippen MR) is 64.0 cm³/mol. The Morgan fingerprint density at radius 1 is 1.44 bits per heavy atom. The van der Waals surface area contributed by atoms with E-state index in [0.717, 1.165) is 5.56 Å². The Labute approximate surface area is 98.5 Å². The van der Waals surface area contributed by atoms with E-state index in [4.69, 9.17) is 10.3 Å². The van der Waals surface area contributed by atoms with Crippen molar-refractivity contribution < 1.29 is 4.52 Å². The van der Waals surface area contributed by atoms with Crippen LogP contribution in [0.3, 0.4) is 0 Å². The van der Waals surface area contributed by atoms with Gasteiger partial charge in [0.1, 0.15) is 0 Å². The lowest BCUT2D eigenvalue weighted by Gasteiger charge is -2.23. The minimum atomic E-state index is -0.243. The zero-order valence-corrected chi connectivity index (χ0v) is 10.4. The molecular weight excluding hydrogens is 222 g/mol. The third-order valence-electron chi connectivity index (χ3n) is 2.42. The number of hydrogen-bond acceptors (Lipinski definition) is 5. The summed E-state index contributed by atoms with van der Waals surface area (Å²) in [6, 6.07) is 1.72. The highest BCUT2D eigenvalue weighted by Gasteiger charge is 2.27. The normalized spacial score (nSPS) is 14.0. The fraction of sp³-hybridized carbons (Fsp3) is 0.455. The minimum absolute atomic E-state index is 0.0849. The second kappa shape index (κ2) is 3.99. The van der Waals surface area contributed by atoms with Gasteiger partial charge in [-0.3, -0.25) is 0 Å². The number of nitrogens with zero attached hydrogens (tertiary/aromatic N) is 2. The highest BCUT2D eigenvalue weighted by atomic mass is 32.1. The van der Waals surface area contributed by atoms with Crippen LogP contribution in [0.25, 0.3) is 11.4 Å². The lowest BCUT2D eigenvalue weighted by atomic mass is 9.87. The largest absolute Gasteiger partial charge is 0.337 e. The maximum atomic E-state index is 6.05. The summed E-state index contributed by atoms with van der Waals surface area (Å²) >= 11 is 1.60. The number of thiophene rings is 1. The van der Waals surface area contributed by atoms with Crippen LogP contribution in [0.2, 0.25) is 0 Å². The van der Waals surface area contributed by atoms with Crippen LogP contribution in [0.15, 0.2) is 21.3 Å². The molecule has 2 aromatic rings. The second-order valence-electron chi connectivity index (χ2n) is 4.81. The molecule has 4 nitrogen and oxygen atoms in total. The van der Waals surface area contributed by atoms with Gasteiger partial charge < -0.3 is 10.3 Å². The van der Waals surface area contributed by atoms with Crippen LogP contribution in [-0.2, 0) is 0 Å². The van der Waals surface area contributed by atoms with Gasteiger partial charge in [0.25, 0.3) is 0 Å². The zero-order valence-electron chi connectivity index (χ0n) is 9.60. The Kier molecular flexibility index (Phi) is 2.82.